The lowest BCUT2D eigenvalue weighted by Crippen LogP contribution is -2.09. The van der Waals surface area contributed by atoms with Crippen LogP contribution in [-0.4, -0.2) is 5.97 Å². The van der Waals surface area contributed by atoms with E-state index in [9.17, 15) is 4.79 Å². The van der Waals surface area contributed by atoms with Gasteiger partial charge in [-0.3, -0.25) is 0 Å². The average Bonchev–Trinajstić information content (AvgIpc) is 2.66. The van der Waals surface area contributed by atoms with Crippen LogP contribution in [0.25, 0.3) is 0 Å². The maximum atomic E-state index is 12.4. The second-order valence-corrected chi connectivity index (χ2v) is 5.59. The number of hydrogen-bond acceptors (Lipinski definition) is 4. The number of ether oxygens (including phenoxy) is 2. The molecule has 4 nitrogen and oxygen atoms in total. The molecule has 25 heavy (non-hydrogen) atoms. The Balaban J connectivity index is 1.70. The maximum Gasteiger partial charge on any atom is 0.342 e. The van der Waals surface area contributed by atoms with Crippen molar-refractivity contribution in [3.8, 4) is 5.75 Å². The zero-order chi connectivity index (χ0) is 17.5. The van der Waals surface area contributed by atoms with Gasteiger partial charge in [-0.1, -0.05) is 60.7 Å². The van der Waals surface area contributed by atoms with Crippen LogP contribution in [0.15, 0.2) is 78.9 Å². The summed E-state index contributed by atoms with van der Waals surface area (Å²) in [6.07, 6.45) is 0. The van der Waals surface area contributed by atoms with Gasteiger partial charge in [0.1, 0.15) is 24.5 Å². The lowest BCUT2D eigenvalue weighted by Gasteiger charge is -2.12. The van der Waals surface area contributed by atoms with E-state index in [1.165, 1.54) is 0 Å². The molecule has 3 aromatic carbocycles. The summed E-state index contributed by atoms with van der Waals surface area (Å²) < 4.78 is 11.2. The van der Waals surface area contributed by atoms with E-state index in [1.807, 2.05) is 60.7 Å². The van der Waals surface area contributed by atoms with E-state index in [0.29, 0.717) is 23.6 Å². The standard InChI is InChI=1S/C21H19NO3/c22-18-11-12-20(24-14-16-7-3-1-4-8-16)19(13-18)21(23)25-15-17-9-5-2-6-10-17/h1-13H,14-15,22H2. The highest BCUT2D eigenvalue weighted by Crippen LogP contribution is 2.24. The molecule has 3 aromatic rings. The first-order valence-corrected chi connectivity index (χ1v) is 7.99. The predicted molar refractivity (Wildman–Crippen MR) is 97.2 cm³/mol. The molecule has 0 radical (unpaired) electrons. The van der Waals surface area contributed by atoms with Gasteiger partial charge in [0.05, 0.1) is 0 Å². The topological polar surface area (TPSA) is 61.5 Å². The molecule has 0 amide bonds. The zero-order valence-corrected chi connectivity index (χ0v) is 13.7. The van der Waals surface area contributed by atoms with Gasteiger partial charge in [0.2, 0.25) is 0 Å². The zero-order valence-electron chi connectivity index (χ0n) is 13.7. The number of benzene rings is 3. The van der Waals surface area contributed by atoms with Crippen molar-refractivity contribution in [1.82, 2.24) is 0 Å². The first kappa shape index (κ1) is 16.6. The molecule has 3 rings (SSSR count). The van der Waals surface area contributed by atoms with Crippen LogP contribution >= 0.6 is 0 Å². The van der Waals surface area contributed by atoms with Gasteiger partial charge in [0, 0.05) is 5.69 Å². The normalized spacial score (nSPS) is 10.2. The molecule has 0 aliphatic heterocycles. The van der Waals surface area contributed by atoms with Gasteiger partial charge in [0.25, 0.3) is 0 Å². The number of hydrogen-bond donors (Lipinski definition) is 1. The first-order chi connectivity index (χ1) is 12.2. The summed E-state index contributed by atoms with van der Waals surface area (Å²) in [4.78, 5) is 12.4. The highest BCUT2D eigenvalue weighted by atomic mass is 16.5. The number of nitrogen functional groups attached to an aromatic ring is 1. The monoisotopic (exact) mass is 333 g/mol. The van der Waals surface area contributed by atoms with Crippen molar-refractivity contribution >= 4 is 11.7 Å². The average molecular weight is 333 g/mol. The van der Waals surface area contributed by atoms with Crippen molar-refractivity contribution in [2.24, 2.45) is 0 Å². The number of nitrogens with two attached hydrogens (primary N) is 1. The van der Waals surface area contributed by atoms with Crippen LogP contribution in [0.2, 0.25) is 0 Å². The second kappa shape index (κ2) is 8.02. The van der Waals surface area contributed by atoms with E-state index in [4.69, 9.17) is 15.2 Å². The summed E-state index contributed by atoms with van der Waals surface area (Å²) in [7, 11) is 0. The molecule has 126 valence electrons. The Labute approximate surface area is 146 Å². The molecule has 0 saturated heterocycles. The van der Waals surface area contributed by atoms with Crippen molar-refractivity contribution in [2.45, 2.75) is 13.2 Å². The lowest BCUT2D eigenvalue weighted by molar-refractivity contribution is 0.0467. The molecule has 0 aliphatic rings. The predicted octanol–water partition coefficient (Wildman–Crippen LogP) is 4.20. The summed E-state index contributed by atoms with van der Waals surface area (Å²) in [5.74, 6) is -0.00432. The van der Waals surface area contributed by atoms with Gasteiger partial charge in [-0.25, -0.2) is 4.79 Å². The Bertz CT molecular complexity index is 832. The van der Waals surface area contributed by atoms with Crippen LogP contribution in [0.4, 0.5) is 5.69 Å². The molecule has 2 N–H and O–H groups in total. The van der Waals surface area contributed by atoms with E-state index < -0.39 is 5.97 Å². The number of anilines is 1. The molecule has 0 saturated carbocycles. The molecule has 0 heterocycles. The van der Waals surface area contributed by atoms with E-state index in [2.05, 4.69) is 0 Å². The van der Waals surface area contributed by atoms with E-state index in [1.54, 1.807) is 18.2 Å². The molecular formula is C21H19NO3. The van der Waals surface area contributed by atoms with Crippen LogP contribution in [-0.2, 0) is 18.0 Å². The van der Waals surface area contributed by atoms with Crippen LogP contribution < -0.4 is 10.5 Å². The molecule has 0 aromatic heterocycles. The van der Waals surface area contributed by atoms with Crippen LogP contribution in [0.5, 0.6) is 5.75 Å². The highest BCUT2D eigenvalue weighted by Gasteiger charge is 2.15. The summed E-state index contributed by atoms with van der Waals surface area (Å²) >= 11 is 0. The summed E-state index contributed by atoms with van der Waals surface area (Å²) in [6.45, 7) is 0.566. The third kappa shape index (κ3) is 4.61. The molecule has 0 aliphatic carbocycles. The van der Waals surface area contributed by atoms with Gasteiger partial charge in [-0.15, -0.1) is 0 Å². The summed E-state index contributed by atoms with van der Waals surface area (Å²) in [5.41, 5.74) is 8.57. The second-order valence-electron chi connectivity index (χ2n) is 5.59. The maximum absolute atomic E-state index is 12.4. The van der Waals surface area contributed by atoms with E-state index >= 15 is 0 Å². The van der Waals surface area contributed by atoms with Gasteiger partial charge < -0.3 is 15.2 Å². The molecule has 0 unspecified atom stereocenters. The van der Waals surface area contributed by atoms with Gasteiger partial charge in [-0.05, 0) is 29.3 Å². The SMILES string of the molecule is Nc1ccc(OCc2ccccc2)c(C(=O)OCc2ccccc2)c1. The van der Waals surface area contributed by atoms with Crippen molar-refractivity contribution in [2.75, 3.05) is 5.73 Å². The minimum atomic E-state index is -0.459. The lowest BCUT2D eigenvalue weighted by atomic mass is 10.1. The summed E-state index contributed by atoms with van der Waals surface area (Å²) in [5, 5.41) is 0. The Hall–Kier alpha value is -3.27. The molecule has 0 bridgehead atoms. The molecule has 0 atom stereocenters. The first-order valence-electron chi connectivity index (χ1n) is 7.99. The Morgan fingerprint density at radius 2 is 1.40 bits per heavy atom. The van der Waals surface area contributed by atoms with Gasteiger partial charge >= 0.3 is 5.97 Å². The Morgan fingerprint density at radius 1 is 0.800 bits per heavy atom. The smallest absolute Gasteiger partial charge is 0.342 e. The molecule has 4 heteroatoms. The Kier molecular flexibility index (Phi) is 5.32. The van der Waals surface area contributed by atoms with Crippen molar-refractivity contribution < 1.29 is 14.3 Å². The van der Waals surface area contributed by atoms with Gasteiger partial charge in [0.15, 0.2) is 0 Å². The van der Waals surface area contributed by atoms with Crippen LogP contribution in [0.3, 0.4) is 0 Å². The van der Waals surface area contributed by atoms with Crippen molar-refractivity contribution in [3.05, 3.63) is 95.6 Å². The number of esters is 1. The molecular weight excluding hydrogens is 314 g/mol. The molecule has 0 spiro atoms. The van der Waals surface area contributed by atoms with Crippen molar-refractivity contribution in [3.63, 3.8) is 0 Å². The number of rotatable bonds is 6. The van der Waals surface area contributed by atoms with Crippen LogP contribution in [0, 0.1) is 0 Å². The van der Waals surface area contributed by atoms with Gasteiger partial charge in [-0.2, -0.15) is 0 Å². The highest BCUT2D eigenvalue weighted by molar-refractivity contribution is 5.93. The third-order valence-corrected chi connectivity index (χ3v) is 3.67. The molecule has 0 fully saturated rings. The van der Waals surface area contributed by atoms with E-state index in [-0.39, 0.29) is 6.61 Å². The third-order valence-electron chi connectivity index (χ3n) is 3.67. The Morgan fingerprint density at radius 3 is 2.04 bits per heavy atom. The largest absolute Gasteiger partial charge is 0.488 e. The quantitative estimate of drug-likeness (QED) is 0.542. The fourth-order valence-electron chi connectivity index (χ4n) is 2.37. The minimum absolute atomic E-state index is 0.201. The minimum Gasteiger partial charge on any atom is -0.488 e. The fraction of sp³-hybridized carbons (Fsp3) is 0.0952. The van der Waals surface area contributed by atoms with E-state index in [0.717, 1.165) is 11.1 Å². The fourth-order valence-corrected chi connectivity index (χ4v) is 2.37. The van der Waals surface area contributed by atoms with Crippen LogP contribution in [0.1, 0.15) is 21.5 Å². The van der Waals surface area contributed by atoms with Crippen molar-refractivity contribution in [1.29, 1.82) is 0 Å². The summed E-state index contributed by atoms with van der Waals surface area (Å²) in [6, 6.07) is 24.2. The number of carbonyl (C=O) groups excluding carboxylic acids is 1. The number of carbonyl (C=O) groups is 1.